The lowest BCUT2D eigenvalue weighted by molar-refractivity contribution is -0.137. The zero-order chi connectivity index (χ0) is 14.6. The van der Waals surface area contributed by atoms with E-state index < -0.39 is 11.9 Å². The predicted molar refractivity (Wildman–Crippen MR) is 72.6 cm³/mol. The lowest BCUT2D eigenvalue weighted by Gasteiger charge is -2.13. The third-order valence-corrected chi connectivity index (χ3v) is 3.08. The number of aromatic carboxylic acids is 1. The average Bonchev–Trinajstić information content (AvgIpc) is 2.27. The minimum absolute atomic E-state index is 0.0101. The summed E-state index contributed by atoms with van der Waals surface area (Å²) in [6, 6.07) is 5.38. The van der Waals surface area contributed by atoms with E-state index in [0.717, 1.165) is 11.1 Å². The van der Waals surface area contributed by atoms with Crippen LogP contribution in [0.3, 0.4) is 0 Å². The Morgan fingerprint density at radius 1 is 1.16 bits per heavy atom. The molecule has 0 amide bonds. The van der Waals surface area contributed by atoms with Crippen LogP contribution < -0.4 is 0 Å². The van der Waals surface area contributed by atoms with E-state index >= 15 is 0 Å². The molecule has 0 radical (unpaired) electrons. The average molecular weight is 264 g/mol. The Morgan fingerprint density at radius 3 is 2.26 bits per heavy atom. The second-order valence-electron chi connectivity index (χ2n) is 5.29. The van der Waals surface area contributed by atoms with E-state index in [2.05, 4.69) is 0 Å². The third-order valence-electron chi connectivity index (χ3n) is 3.08. The number of aliphatic carboxylic acids is 1. The maximum atomic E-state index is 11.2. The highest BCUT2D eigenvalue weighted by molar-refractivity contribution is 5.89. The van der Waals surface area contributed by atoms with Crippen LogP contribution >= 0.6 is 0 Å². The number of carboxylic acid groups (broad SMARTS) is 2. The van der Waals surface area contributed by atoms with Gasteiger partial charge in [-0.1, -0.05) is 32.9 Å². The minimum atomic E-state index is -0.934. The molecule has 0 aliphatic rings. The van der Waals surface area contributed by atoms with Crippen molar-refractivity contribution < 1.29 is 19.8 Å². The Labute approximate surface area is 113 Å². The van der Waals surface area contributed by atoms with Crippen molar-refractivity contribution in [2.24, 2.45) is 5.92 Å². The molecule has 104 valence electrons. The highest BCUT2D eigenvalue weighted by Gasteiger charge is 2.15. The molecule has 19 heavy (non-hydrogen) atoms. The number of benzene rings is 1. The summed E-state index contributed by atoms with van der Waals surface area (Å²) < 4.78 is 0. The second kappa shape index (κ2) is 6.36. The Balaban J connectivity index is 2.96. The van der Waals surface area contributed by atoms with Crippen molar-refractivity contribution in [3.8, 4) is 0 Å². The molecule has 0 saturated heterocycles. The molecular weight excluding hydrogens is 244 g/mol. The molecule has 0 bridgehead atoms. The highest BCUT2D eigenvalue weighted by atomic mass is 16.4. The molecule has 0 aliphatic heterocycles. The van der Waals surface area contributed by atoms with E-state index in [1.165, 1.54) is 0 Å². The van der Waals surface area contributed by atoms with Gasteiger partial charge in [0.05, 0.1) is 5.56 Å². The smallest absolute Gasteiger partial charge is 0.335 e. The van der Waals surface area contributed by atoms with Crippen molar-refractivity contribution in [1.29, 1.82) is 0 Å². The normalized spacial score (nSPS) is 12.4. The molecule has 0 fully saturated rings. The van der Waals surface area contributed by atoms with Gasteiger partial charge in [0.15, 0.2) is 0 Å². The van der Waals surface area contributed by atoms with Gasteiger partial charge in [0, 0.05) is 6.42 Å². The molecule has 4 heteroatoms. The Hall–Kier alpha value is -1.84. The van der Waals surface area contributed by atoms with Gasteiger partial charge in [-0.2, -0.15) is 0 Å². The van der Waals surface area contributed by atoms with Gasteiger partial charge in [0.25, 0.3) is 0 Å². The molecule has 0 spiro atoms. The summed E-state index contributed by atoms with van der Waals surface area (Å²) in [6.45, 7) is 5.76. The van der Waals surface area contributed by atoms with Crippen LogP contribution in [0.5, 0.6) is 0 Å². The van der Waals surface area contributed by atoms with E-state index in [9.17, 15) is 14.7 Å². The van der Waals surface area contributed by atoms with E-state index in [1.807, 2.05) is 32.9 Å². The van der Waals surface area contributed by atoms with Gasteiger partial charge in [-0.05, 0) is 35.4 Å². The fourth-order valence-corrected chi connectivity index (χ4v) is 2.19. The summed E-state index contributed by atoms with van der Waals surface area (Å²) in [5.41, 5.74) is 1.99. The lowest BCUT2D eigenvalue weighted by atomic mass is 9.91. The van der Waals surface area contributed by atoms with Crippen LogP contribution in [0.4, 0.5) is 0 Å². The topological polar surface area (TPSA) is 74.6 Å². The van der Waals surface area contributed by atoms with Crippen LogP contribution in [0.15, 0.2) is 18.2 Å². The van der Waals surface area contributed by atoms with Crippen molar-refractivity contribution in [3.63, 3.8) is 0 Å². The molecule has 1 atom stereocenters. The minimum Gasteiger partial charge on any atom is -0.481 e. The molecule has 1 unspecified atom stereocenters. The first kappa shape index (κ1) is 15.2. The van der Waals surface area contributed by atoms with E-state index in [4.69, 9.17) is 5.11 Å². The molecule has 1 aromatic rings. The molecule has 0 heterocycles. The van der Waals surface area contributed by atoms with E-state index in [0.29, 0.717) is 12.0 Å². The highest BCUT2D eigenvalue weighted by Crippen LogP contribution is 2.22. The van der Waals surface area contributed by atoms with Crippen LogP contribution in [-0.4, -0.2) is 22.2 Å². The largest absolute Gasteiger partial charge is 0.481 e. The summed E-state index contributed by atoms with van der Waals surface area (Å²) in [5, 5.41) is 18.0. The number of carboxylic acids is 2. The molecule has 0 saturated carbocycles. The van der Waals surface area contributed by atoms with Crippen molar-refractivity contribution in [3.05, 3.63) is 34.9 Å². The quantitative estimate of drug-likeness (QED) is 0.827. The lowest BCUT2D eigenvalue weighted by Crippen LogP contribution is -2.09. The van der Waals surface area contributed by atoms with E-state index in [1.54, 1.807) is 6.07 Å². The van der Waals surface area contributed by atoms with Gasteiger partial charge in [0.2, 0.25) is 0 Å². The number of hydrogen-bond donors (Lipinski definition) is 2. The molecule has 0 aliphatic carbocycles. The van der Waals surface area contributed by atoms with Crippen LogP contribution in [0.2, 0.25) is 0 Å². The fraction of sp³-hybridized carbons (Fsp3) is 0.467. The van der Waals surface area contributed by atoms with Gasteiger partial charge in [-0.25, -0.2) is 4.79 Å². The first-order chi connectivity index (χ1) is 8.81. The summed E-state index contributed by atoms with van der Waals surface area (Å²) in [6.07, 6.45) is 0.666. The van der Waals surface area contributed by atoms with Crippen LogP contribution in [-0.2, 0) is 11.2 Å². The first-order valence-corrected chi connectivity index (χ1v) is 6.39. The molecule has 4 nitrogen and oxygen atoms in total. The second-order valence-corrected chi connectivity index (χ2v) is 5.29. The zero-order valence-electron chi connectivity index (χ0n) is 11.5. The number of carbonyl (C=O) groups is 2. The summed E-state index contributed by atoms with van der Waals surface area (Å²) in [7, 11) is 0. The fourth-order valence-electron chi connectivity index (χ4n) is 2.19. The maximum absolute atomic E-state index is 11.2. The van der Waals surface area contributed by atoms with Crippen LogP contribution in [0, 0.1) is 5.92 Å². The van der Waals surface area contributed by atoms with Gasteiger partial charge in [-0.3, -0.25) is 4.79 Å². The van der Waals surface area contributed by atoms with Crippen molar-refractivity contribution in [1.82, 2.24) is 0 Å². The SMILES string of the molecule is CC(CC(=O)O)Cc1ccc(C(C)C)c(C(=O)O)c1. The predicted octanol–water partition coefficient (Wildman–Crippen LogP) is 3.16. The molecular formula is C15H20O4. The summed E-state index contributed by atoms with van der Waals surface area (Å²) in [4.78, 5) is 21.9. The van der Waals surface area contributed by atoms with Gasteiger partial charge in [-0.15, -0.1) is 0 Å². The Morgan fingerprint density at radius 2 is 1.79 bits per heavy atom. The Bertz CT molecular complexity index is 477. The molecule has 1 rings (SSSR count). The van der Waals surface area contributed by atoms with Gasteiger partial charge < -0.3 is 10.2 Å². The summed E-state index contributed by atoms with van der Waals surface area (Å²) >= 11 is 0. The number of rotatable bonds is 6. The molecule has 1 aromatic carbocycles. The van der Waals surface area contributed by atoms with Crippen molar-refractivity contribution in [2.75, 3.05) is 0 Å². The van der Waals surface area contributed by atoms with Crippen LogP contribution in [0.1, 0.15) is 54.6 Å². The molecule has 2 N–H and O–H groups in total. The van der Waals surface area contributed by atoms with Crippen molar-refractivity contribution >= 4 is 11.9 Å². The monoisotopic (exact) mass is 264 g/mol. The summed E-state index contributed by atoms with van der Waals surface area (Å²) in [5.74, 6) is -1.62. The Kier molecular flexibility index (Phi) is 5.10. The van der Waals surface area contributed by atoms with Gasteiger partial charge >= 0.3 is 11.9 Å². The van der Waals surface area contributed by atoms with E-state index in [-0.39, 0.29) is 18.3 Å². The number of hydrogen-bond acceptors (Lipinski definition) is 2. The maximum Gasteiger partial charge on any atom is 0.335 e. The first-order valence-electron chi connectivity index (χ1n) is 6.39. The van der Waals surface area contributed by atoms with Crippen molar-refractivity contribution in [2.45, 2.75) is 39.5 Å². The standard InChI is InChI=1S/C15H20O4/c1-9(2)12-5-4-11(8-13(12)15(18)19)6-10(3)7-14(16)17/h4-5,8-10H,6-7H2,1-3H3,(H,16,17)(H,18,19). The third kappa shape index (κ3) is 4.39. The van der Waals surface area contributed by atoms with Crippen LogP contribution in [0.25, 0.3) is 0 Å². The zero-order valence-corrected chi connectivity index (χ0v) is 11.5. The van der Waals surface area contributed by atoms with Gasteiger partial charge in [0.1, 0.15) is 0 Å². The molecule has 0 aromatic heterocycles.